The number of anilines is 1. The van der Waals surface area contributed by atoms with E-state index in [9.17, 15) is 4.79 Å². The van der Waals surface area contributed by atoms with Gasteiger partial charge in [-0.1, -0.05) is 11.6 Å². The number of nitrogens with zero attached hydrogens (tertiary/aromatic N) is 4. The Bertz CT molecular complexity index is 899. The normalized spacial score (nSPS) is 10.4. The average molecular weight is 360 g/mol. The standard InChI is InChI=1S/C16H14ClN5O3/c1-24-10-3-5-13(25-2)12(7-10)20-16(23)15-11(17)4-6-14(21-15)22-8-18-19-9-22/h3-9H,1-2H3,(H,20,23). The molecule has 2 aromatic heterocycles. The van der Waals surface area contributed by atoms with Crippen LogP contribution in [0.25, 0.3) is 5.82 Å². The summed E-state index contributed by atoms with van der Waals surface area (Å²) in [6, 6.07) is 8.31. The van der Waals surface area contributed by atoms with Crippen LogP contribution in [-0.2, 0) is 0 Å². The molecule has 3 rings (SSSR count). The first-order valence-corrected chi connectivity index (χ1v) is 7.55. The Hall–Kier alpha value is -3.13. The number of ether oxygens (including phenoxy) is 2. The Kier molecular flexibility index (Phi) is 4.80. The van der Waals surface area contributed by atoms with Crippen molar-refractivity contribution in [1.82, 2.24) is 19.7 Å². The number of carbonyl (C=O) groups is 1. The Labute approximate surface area is 148 Å². The lowest BCUT2D eigenvalue weighted by atomic mass is 10.2. The molecule has 0 spiro atoms. The number of amides is 1. The first kappa shape index (κ1) is 16.7. The molecule has 0 aliphatic carbocycles. The van der Waals surface area contributed by atoms with E-state index in [4.69, 9.17) is 21.1 Å². The van der Waals surface area contributed by atoms with Crippen molar-refractivity contribution in [2.24, 2.45) is 0 Å². The number of benzene rings is 1. The fraction of sp³-hybridized carbons (Fsp3) is 0.125. The predicted octanol–water partition coefficient (Wildman–Crippen LogP) is 2.59. The molecule has 0 atom stereocenters. The molecule has 25 heavy (non-hydrogen) atoms. The van der Waals surface area contributed by atoms with Crippen molar-refractivity contribution < 1.29 is 14.3 Å². The zero-order valence-corrected chi connectivity index (χ0v) is 14.2. The largest absolute Gasteiger partial charge is 0.497 e. The van der Waals surface area contributed by atoms with Gasteiger partial charge in [-0.3, -0.25) is 9.36 Å². The third-order valence-electron chi connectivity index (χ3n) is 3.38. The molecule has 0 bridgehead atoms. The van der Waals surface area contributed by atoms with Crippen LogP contribution in [0.4, 0.5) is 5.69 Å². The minimum Gasteiger partial charge on any atom is -0.497 e. The van der Waals surface area contributed by atoms with Crippen molar-refractivity contribution in [2.75, 3.05) is 19.5 Å². The summed E-state index contributed by atoms with van der Waals surface area (Å²) in [5.41, 5.74) is 0.511. The van der Waals surface area contributed by atoms with Gasteiger partial charge in [0.25, 0.3) is 5.91 Å². The highest BCUT2D eigenvalue weighted by Crippen LogP contribution is 2.29. The van der Waals surface area contributed by atoms with Gasteiger partial charge in [-0.05, 0) is 24.3 Å². The van der Waals surface area contributed by atoms with Gasteiger partial charge in [0.2, 0.25) is 0 Å². The maximum Gasteiger partial charge on any atom is 0.276 e. The summed E-state index contributed by atoms with van der Waals surface area (Å²) in [5, 5.41) is 10.4. The highest BCUT2D eigenvalue weighted by molar-refractivity contribution is 6.34. The number of aromatic nitrogens is 4. The minimum atomic E-state index is -0.480. The summed E-state index contributed by atoms with van der Waals surface area (Å²) in [6.45, 7) is 0. The van der Waals surface area contributed by atoms with E-state index in [1.165, 1.54) is 26.9 Å². The second-order valence-corrected chi connectivity index (χ2v) is 5.30. The summed E-state index contributed by atoms with van der Waals surface area (Å²) in [7, 11) is 3.05. The van der Waals surface area contributed by atoms with E-state index >= 15 is 0 Å². The molecule has 128 valence electrons. The molecule has 0 saturated heterocycles. The Balaban J connectivity index is 1.93. The van der Waals surface area contributed by atoms with E-state index < -0.39 is 5.91 Å². The summed E-state index contributed by atoms with van der Waals surface area (Å²) in [4.78, 5) is 16.9. The van der Waals surface area contributed by atoms with Gasteiger partial charge in [-0.2, -0.15) is 0 Å². The second-order valence-electron chi connectivity index (χ2n) is 4.89. The first-order valence-electron chi connectivity index (χ1n) is 7.17. The third-order valence-corrected chi connectivity index (χ3v) is 3.69. The topological polar surface area (TPSA) is 91.2 Å². The van der Waals surface area contributed by atoms with E-state index in [1.54, 1.807) is 34.9 Å². The molecule has 8 nitrogen and oxygen atoms in total. The van der Waals surface area contributed by atoms with Crippen LogP contribution in [0.15, 0.2) is 43.0 Å². The maximum absolute atomic E-state index is 12.6. The summed E-state index contributed by atoms with van der Waals surface area (Å²) >= 11 is 6.13. The zero-order chi connectivity index (χ0) is 17.8. The highest BCUT2D eigenvalue weighted by atomic mass is 35.5. The lowest BCUT2D eigenvalue weighted by Crippen LogP contribution is -2.16. The predicted molar refractivity (Wildman–Crippen MR) is 91.7 cm³/mol. The number of rotatable bonds is 5. The van der Waals surface area contributed by atoms with Crippen molar-refractivity contribution in [2.45, 2.75) is 0 Å². The number of pyridine rings is 1. The lowest BCUT2D eigenvalue weighted by Gasteiger charge is -2.12. The van der Waals surface area contributed by atoms with E-state index in [0.717, 1.165) is 0 Å². The molecule has 1 N–H and O–H groups in total. The molecule has 9 heteroatoms. The number of carbonyl (C=O) groups excluding carboxylic acids is 1. The van der Waals surface area contributed by atoms with Crippen LogP contribution in [0.1, 0.15) is 10.5 Å². The van der Waals surface area contributed by atoms with E-state index in [1.807, 2.05) is 0 Å². The second kappa shape index (κ2) is 7.18. The van der Waals surface area contributed by atoms with E-state index in [-0.39, 0.29) is 10.7 Å². The maximum atomic E-state index is 12.6. The lowest BCUT2D eigenvalue weighted by molar-refractivity contribution is 0.102. The van der Waals surface area contributed by atoms with Gasteiger partial charge in [0, 0.05) is 6.07 Å². The molecule has 0 aliphatic heterocycles. The van der Waals surface area contributed by atoms with Gasteiger partial charge < -0.3 is 14.8 Å². The molecule has 1 aromatic carbocycles. The number of nitrogens with one attached hydrogen (secondary N) is 1. The SMILES string of the molecule is COc1ccc(OC)c(NC(=O)c2nc(-n3cnnc3)ccc2Cl)c1. The number of hydrogen-bond donors (Lipinski definition) is 1. The van der Waals surface area contributed by atoms with Crippen LogP contribution in [0.2, 0.25) is 5.02 Å². The third kappa shape index (κ3) is 3.53. The van der Waals surface area contributed by atoms with Gasteiger partial charge in [0.05, 0.1) is 24.9 Å². The smallest absolute Gasteiger partial charge is 0.276 e. The first-order chi connectivity index (χ1) is 12.1. The fourth-order valence-electron chi connectivity index (χ4n) is 2.15. The van der Waals surface area contributed by atoms with Crippen molar-refractivity contribution in [3.63, 3.8) is 0 Å². The molecule has 0 aliphatic rings. The average Bonchev–Trinajstić information content (AvgIpc) is 3.16. The summed E-state index contributed by atoms with van der Waals surface area (Å²) < 4.78 is 12.0. The van der Waals surface area contributed by atoms with Crippen LogP contribution in [0, 0.1) is 0 Å². The molecule has 0 fully saturated rings. The van der Waals surface area contributed by atoms with Gasteiger partial charge in [-0.25, -0.2) is 4.98 Å². The molecule has 0 unspecified atom stereocenters. The van der Waals surface area contributed by atoms with E-state index in [0.29, 0.717) is 23.0 Å². The summed E-state index contributed by atoms with van der Waals surface area (Å²) in [5.74, 6) is 1.05. The number of halogens is 1. The van der Waals surface area contributed by atoms with Crippen LogP contribution >= 0.6 is 11.6 Å². The molecular formula is C16H14ClN5O3. The van der Waals surface area contributed by atoms with Crippen molar-refractivity contribution in [3.8, 4) is 17.3 Å². The summed E-state index contributed by atoms with van der Waals surface area (Å²) in [6.07, 6.45) is 2.95. The molecule has 0 saturated carbocycles. The van der Waals surface area contributed by atoms with Crippen LogP contribution in [-0.4, -0.2) is 39.9 Å². The Morgan fingerprint density at radius 2 is 1.88 bits per heavy atom. The number of hydrogen-bond acceptors (Lipinski definition) is 6. The fourth-order valence-corrected chi connectivity index (χ4v) is 2.34. The molecule has 0 radical (unpaired) electrons. The molecular weight excluding hydrogens is 346 g/mol. The van der Waals surface area contributed by atoms with Crippen LogP contribution < -0.4 is 14.8 Å². The van der Waals surface area contributed by atoms with Gasteiger partial charge in [0.1, 0.15) is 35.7 Å². The van der Waals surface area contributed by atoms with Crippen LogP contribution in [0.5, 0.6) is 11.5 Å². The quantitative estimate of drug-likeness (QED) is 0.752. The van der Waals surface area contributed by atoms with Gasteiger partial charge in [0.15, 0.2) is 0 Å². The monoisotopic (exact) mass is 359 g/mol. The minimum absolute atomic E-state index is 0.0674. The number of methoxy groups -OCH3 is 2. The molecule has 2 heterocycles. The molecule has 3 aromatic rings. The van der Waals surface area contributed by atoms with Crippen LogP contribution in [0.3, 0.4) is 0 Å². The van der Waals surface area contributed by atoms with Crippen molar-refractivity contribution in [3.05, 3.63) is 53.7 Å². The Morgan fingerprint density at radius 1 is 1.12 bits per heavy atom. The zero-order valence-electron chi connectivity index (χ0n) is 13.4. The Morgan fingerprint density at radius 3 is 2.56 bits per heavy atom. The molecule has 1 amide bonds. The van der Waals surface area contributed by atoms with Crippen molar-refractivity contribution >= 4 is 23.2 Å². The van der Waals surface area contributed by atoms with Gasteiger partial charge >= 0.3 is 0 Å². The van der Waals surface area contributed by atoms with Gasteiger partial charge in [-0.15, -0.1) is 10.2 Å². The highest BCUT2D eigenvalue weighted by Gasteiger charge is 2.16. The van der Waals surface area contributed by atoms with Crippen molar-refractivity contribution in [1.29, 1.82) is 0 Å². The van der Waals surface area contributed by atoms with E-state index in [2.05, 4.69) is 20.5 Å².